The largest absolute Gasteiger partial charge is 0.321 e. The fourth-order valence-electron chi connectivity index (χ4n) is 2.85. The standard InChI is InChI=1S/C18H23N3O2S2/c1-4-5-6-15(22)21-10-24-9-13(21)17(23)20-18-19-16-12(3)11(2)7-8-14(16)25-18/h7-8,13H,4-6,9-10H2,1-3H3,(H,19,20,23). The van der Waals surface area contributed by atoms with Crippen LogP contribution in [0.2, 0.25) is 0 Å². The van der Waals surface area contributed by atoms with Crippen molar-refractivity contribution in [2.75, 3.05) is 16.9 Å². The van der Waals surface area contributed by atoms with Crippen LogP contribution in [0.15, 0.2) is 12.1 Å². The minimum absolute atomic E-state index is 0.0720. The van der Waals surface area contributed by atoms with Gasteiger partial charge in [0.15, 0.2) is 5.13 Å². The number of hydrogen-bond donors (Lipinski definition) is 1. The van der Waals surface area contributed by atoms with E-state index in [-0.39, 0.29) is 11.8 Å². The van der Waals surface area contributed by atoms with E-state index in [1.54, 1.807) is 16.7 Å². The number of carbonyl (C=O) groups excluding carboxylic acids is 2. The van der Waals surface area contributed by atoms with Gasteiger partial charge in [0.05, 0.1) is 16.1 Å². The van der Waals surface area contributed by atoms with Crippen molar-refractivity contribution >= 4 is 50.3 Å². The van der Waals surface area contributed by atoms with Crippen LogP contribution in [0, 0.1) is 13.8 Å². The molecule has 0 bridgehead atoms. The van der Waals surface area contributed by atoms with Gasteiger partial charge in [0.1, 0.15) is 6.04 Å². The van der Waals surface area contributed by atoms with E-state index in [9.17, 15) is 9.59 Å². The third-order valence-corrected chi connectivity index (χ3v) is 6.51. The molecular weight excluding hydrogens is 354 g/mol. The molecule has 0 spiro atoms. The molecule has 5 nitrogen and oxygen atoms in total. The molecule has 1 N–H and O–H groups in total. The van der Waals surface area contributed by atoms with Crippen LogP contribution < -0.4 is 5.32 Å². The molecule has 1 aromatic carbocycles. The lowest BCUT2D eigenvalue weighted by Gasteiger charge is -2.22. The van der Waals surface area contributed by atoms with Gasteiger partial charge < -0.3 is 10.2 Å². The van der Waals surface area contributed by atoms with E-state index in [0.29, 0.717) is 23.2 Å². The molecule has 1 aromatic heterocycles. The molecular formula is C18H23N3O2S2. The first-order chi connectivity index (χ1) is 12.0. The maximum absolute atomic E-state index is 12.7. The Labute approximate surface area is 156 Å². The van der Waals surface area contributed by atoms with Crippen LogP contribution >= 0.6 is 23.1 Å². The van der Waals surface area contributed by atoms with Crippen LogP contribution in [0.5, 0.6) is 0 Å². The molecule has 1 unspecified atom stereocenters. The molecule has 134 valence electrons. The van der Waals surface area contributed by atoms with Gasteiger partial charge in [0, 0.05) is 12.2 Å². The number of carbonyl (C=O) groups is 2. The van der Waals surface area contributed by atoms with Crippen molar-refractivity contribution in [3.8, 4) is 0 Å². The highest BCUT2D eigenvalue weighted by molar-refractivity contribution is 7.99. The van der Waals surface area contributed by atoms with Gasteiger partial charge in [-0.3, -0.25) is 9.59 Å². The van der Waals surface area contributed by atoms with Gasteiger partial charge in [-0.05, 0) is 37.5 Å². The fourth-order valence-corrected chi connectivity index (χ4v) is 4.95. The third kappa shape index (κ3) is 3.82. The topological polar surface area (TPSA) is 62.3 Å². The molecule has 3 rings (SSSR count). The number of thioether (sulfide) groups is 1. The average molecular weight is 378 g/mol. The molecule has 2 aromatic rings. The van der Waals surface area contributed by atoms with Gasteiger partial charge >= 0.3 is 0 Å². The molecule has 2 amide bonds. The Morgan fingerprint density at radius 1 is 1.36 bits per heavy atom. The molecule has 7 heteroatoms. The molecule has 0 aliphatic carbocycles. The van der Waals surface area contributed by atoms with E-state index < -0.39 is 6.04 Å². The van der Waals surface area contributed by atoms with Crippen LogP contribution in [0.4, 0.5) is 5.13 Å². The number of hydrogen-bond acceptors (Lipinski definition) is 5. The summed E-state index contributed by atoms with van der Waals surface area (Å²) in [5, 5.41) is 3.53. The molecule has 1 saturated heterocycles. The highest BCUT2D eigenvalue weighted by atomic mass is 32.2. The number of benzene rings is 1. The van der Waals surface area contributed by atoms with E-state index >= 15 is 0 Å². The van der Waals surface area contributed by atoms with Gasteiger partial charge in [-0.2, -0.15) is 0 Å². The Balaban J connectivity index is 1.73. The zero-order chi connectivity index (χ0) is 18.0. The summed E-state index contributed by atoms with van der Waals surface area (Å²) in [4.78, 5) is 31.3. The maximum atomic E-state index is 12.7. The van der Waals surface area contributed by atoms with Crippen LogP contribution in [0.3, 0.4) is 0 Å². The van der Waals surface area contributed by atoms with Gasteiger partial charge in [-0.15, -0.1) is 11.8 Å². The van der Waals surface area contributed by atoms with Crippen molar-refractivity contribution in [3.63, 3.8) is 0 Å². The second-order valence-electron chi connectivity index (χ2n) is 6.35. The molecule has 1 fully saturated rings. The molecule has 1 aliphatic rings. The first kappa shape index (κ1) is 18.2. The maximum Gasteiger partial charge on any atom is 0.249 e. The number of aromatic nitrogens is 1. The molecule has 2 heterocycles. The normalized spacial score (nSPS) is 17.2. The van der Waals surface area contributed by atoms with Crippen molar-refractivity contribution in [1.82, 2.24) is 9.88 Å². The summed E-state index contributed by atoms with van der Waals surface area (Å²) in [6.07, 6.45) is 2.36. The van der Waals surface area contributed by atoms with Gasteiger partial charge in [-0.25, -0.2) is 4.98 Å². The van der Waals surface area contributed by atoms with Crippen LogP contribution in [-0.4, -0.2) is 39.4 Å². The summed E-state index contributed by atoms with van der Waals surface area (Å²) in [6.45, 7) is 6.17. The van der Waals surface area contributed by atoms with Crippen molar-refractivity contribution < 1.29 is 9.59 Å². The molecule has 1 aliphatic heterocycles. The van der Waals surface area contributed by atoms with Crippen LogP contribution in [0.1, 0.15) is 37.3 Å². The average Bonchev–Trinajstić information content (AvgIpc) is 3.23. The third-order valence-electron chi connectivity index (χ3n) is 4.56. The van der Waals surface area contributed by atoms with Crippen molar-refractivity contribution in [1.29, 1.82) is 0 Å². The number of nitrogens with one attached hydrogen (secondary N) is 1. The van der Waals surface area contributed by atoms with E-state index in [0.717, 1.165) is 28.6 Å². The Bertz CT molecular complexity index is 803. The highest BCUT2D eigenvalue weighted by Crippen LogP contribution is 2.30. The Hall–Kier alpha value is -1.60. The minimum atomic E-state index is -0.399. The summed E-state index contributed by atoms with van der Waals surface area (Å²) < 4.78 is 1.06. The number of nitrogens with zero attached hydrogens (tertiary/aromatic N) is 2. The Kier molecular flexibility index (Phi) is 5.64. The zero-order valence-corrected chi connectivity index (χ0v) is 16.4. The van der Waals surface area contributed by atoms with Crippen LogP contribution in [-0.2, 0) is 9.59 Å². The number of amides is 2. The summed E-state index contributed by atoms with van der Waals surface area (Å²) in [5.74, 6) is 1.18. The van der Waals surface area contributed by atoms with Crippen molar-refractivity contribution in [3.05, 3.63) is 23.3 Å². The lowest BCUT2D eigenvalue weighted by Crippen LogP contribution is -2.44. The van der Waals surface area contributed by atoms with E-state index in [1.807, 2.05) is 13.0 Å². The Morgan fingerprint density at radius 2 is 2.16 bits per heavy atom. The number of fused-ring (bicyclic) bond motifs is 1. The lowest BCUT2D eigenvalue weighted by molar-refractivity contribution is -0.136. The molecule has 25 heavy (non-hydrogen) atoms. The molecule has 1 atom stereocenters. The zero-order valence-electron chi connectivity index (χ0n) is 14.8. The Morgan fingerprint density at radius 3 is 2.92 bits per heavy atom. The van der Waals surface area contributed by atoms with E-state index in [2.05, 4.69) is 30.2 Å². The second kappa shape index (κ2) is 7.74. The molecule has 0 radical (unpaired) electrons. The van der Waals surface area contributed by atoms with E-state index in [4.69, 9.17) is 0 Å². The highest BCUT2D eigenvalue weighted by Gasteiger charge is 2.34. The number of anilines is 1. The summed E-state index contributed by atoms with van der Waals surface area (Å²) >= 11 is 3.11. The summed E-state index contributed by atoms with van der Waals surface area (Å²) in [5.41, 5.74) is 3.27. The summed E-state index contributed by atoms with van der Waals surface area (Å²) in [6, 6.07) is 3.71. The van der Waals surface area contributed by atoms with Crippen molar-refractivity contribution in [2.24, 2.45) is 0 Å². The summed E-state index contributed by atoms with van der Waals surface area (Å²) in [7, 11) is 0. The SMILES string of the molecule is CCCCC(=O)N1CSCC1C(=O)Nc1nc2c(C)c(C)ccc2s1. The lowest BCUT2D eigenvalue weighted by atomic mass is 10.1. The quantitative estimate of drug-likeness (QED) is 0.857. The minimum Gasteiger partial charge on any atom is -0.321 e. The first-order valence-corrected chi connectivity index (χ1v) is 10.5. The number of rotatable bonds is 5. The van der Waals surface area contributed by atoms with Gasteiger partial charge in [0.2, 0.25) is 11.8 Å². The van der Waals surface area contributed by atoms with Gasteiger partial charge in [0.25, 0.3) is 0 Å². The van der Waals surface area contributed by atoms with Gasteiger partial charge in [-0.1, -0.05) is 30.7 Å². The number of unbranched alkanes of at least 4 members (excludes halogenated alkanes) is 1. The number of thiazole rings is 1. The number of aryl methyl sites for hydroxylation is 2. The van der Waals surface area contributed by atoms with Crippen LogP contribution in [0.25, 0.3) is 10.2 Å². The van der Waals surface area contributed by atoms with Crippen molar-refractivity contribution in [2.45, 2.75) is 46.1 Å². The predicted octanol–water partition coefficient (Wildman–Crippen LogP) is 3.94. The second-order valence-corrected chi connectivity index (χ2v) is 8.38. The van der Waals surface area contributed by atoms with E-state index in [1.165, 1.54) is 16.9 Å². The predicted molar refractivity (Wildman–Crippen MR) is 105 cm³/mol. The first-order valence-electron chi connectivity index (χ1n) is 8.56. The fraction of sp³-hybridized carbons (Fsp3) is 0.500. The molecule has 0 saturated carbocycles. The smallest absolute Gasteiger partial charge is 0.249 e. The monoisotopic (exact) mass is 377 g/mol.